The van der Waals surface area contributed by atoms with Crippen LogP contribution in [0.3, 0.4) is 0 Å². The highest BCUT2D eigenvalue weighted by Crippen LogP contribution is 2.49. The number of rotatable bonds is 0. The van der Waals surface area contributed by atoms with E-state index in [0.29, 0.717) is 16.4 Å². The van der Waals surface area contributed by atoms with Gasteiger partial charge in [0.1, 0.15) is 0 Å². The van der Waals surface area contributed by atoms with Crippen LogP contribution in [-0.2, 0) is 0 Å². The van der Waals surface area contributed by atoms with Crippen molar-refractivity contribution in [3.8, 4) is 22.3 Å². The summed E-state index contributed by atoms with van der Waals surface area (Å²) in [4.78, 5) is 24.7. The molecule has 0 aliphatic heterocycles. The molecule has 3 aromatic carbocycles. The minimum Gasteiger partial charge on any atom is -0.419 e. The SMILES string of the molecule is O=c1oc2ccc3c(c2oc(=O)c2ccc1cc2)-c1ccccc1-3. The molecular weight excluding hydrogens is 304 g/mol. The summed E-state index contributed by atoms with van der Waals surface area (Å²) in [6.45, 7) is 0. The zero-order chi connectivity index (χ0) is 16.3. The van der Waals surface area contributed by atoms with Crippen LogP contribution in [0.15, 0.2) is 79.1 Å². The molecule has 1 aliphatic carbocycles. The molecule has 24 heavy (non-hydrogen) atoms. The van der Waals surface area contributed by atoms with Gasteiger partial charge in [-0.3, -0.25) is 0 Å². The Hall–Kier alpha value is -3.40. The standard InChI is InChI=1S/C20H10O4/c21-19-11-5-7-12(8-6-11)20(22)24-18-16(23-19)10-9-15-13-3-1-2-4-14(13)17(15)18/h1-10H. The van der Waals surface area contributed by atoms with Crippen LogP contribution in [0, 0.1) is 0 Å². The van der Waals surface area contributed by atoms with E-state index < -0.39 is 11.3 Å². The van der Waals surface area contributed by atoms with E-state index in [1.54, 1.807) is 30.3 Å². The lowest BCUT2D eigenvalue weighted by atomic mass is 9.80. The molecule has 0 amide bonds. The first-order valence-corrected chi connectivity index (χ1v) is 7.53. The van der Waals surface area contributed by atoms with E-state index in [1.807, 2.05) is 30.3 Å². The predicted octanol–water partition coefficient (Wildman–Crippen LogP) is 4.11. The minimum atomic E-state index is -0.478. The van der Waals surface area contributed by atoms with Crippen molar-refractivity contribution in [3.63, 3.8) is 0 Å². The largest absolute Gasteiger partial charge is 0.419 e. The van der Waals surface area contributed by atoms with E-state index in [9.17, 15) is 9.59 Å². The summed E-state index contributed by atoms with van der Waals surface area (Å²) in [5.74, 6) is 0. The third kappa shape index (κ3) is 1.68. The monoisotopic (exact) mass is 314 g/mol. The number of hydrogen-bond donors (Lipinski definition) is 0. The van der Waals surface area contributed by atoms with E-state index in [-0.39, 0.29) is 5.58 Å². The molecule has 2 aromatic heterocycles. The first kappa shape index (κ1) is 13.1. The van der Waals surface area contributed by atoms with Crippen LogP contribution in [0.1, 0.15) is 0 Å². The summed E-state index contributed by atoms with van der Waals surface area (Å²) < 4.78 is 11.1. The Kier molecular flexibility index (Phi) is 2.48. The molecule has 0 saturated heterocycles. The molecule has 2 heterocycles. The summed E-state index contributed by atoms with van der Waals surface area (Å²) in [7, 11) is 0. The Bertz CT molecular complexity index is 1270. The summed E-state index contributed by atoms with van der Waals surface area (Å²) >= 11 is 0. The van der Waals surface area contributed by atoms with Crippen molar-refractivity contribution in [2.45, 2.75) is 0 Å². The van der Waals surface area contributed by atoms with E-state index in [4.69, 9.17) is 8.83 Å². The molecular formula is C20H10O4. The molecule has 4 heteroatoms. The lowest BCUT2D eigenvalue weighted by Crippen LogP contribution is -2.04. The highest BCUT2D eigenvalue weighted by atomic mass is 16.4. The molecule has 2 bridgehead atoms. The normalized spacial score (nSPS) is 11.7. The Morgan fingerprint density at radius 1 is 0.583 bits per heavy atom. The molecule has 0 atom stereocenters. The van der Waals surface area contributed by atoms with E-state index in [2.05, 4.69) is 0 Å². The maximum absolute atomic E-state index is 12.4. The molecule has 5 aromatic rings. The average molecular weight is 314 g/mol. The third-order valence-corrected chi connectivity index (χ3v) is 4.36. The zero-order valence-corrected chi connectivity index (χ0v) is 12.4. The molecule has 6 rings (SSSR count). The van der Waals surface area contributed by atoms with Crippen LogP contribution in [0.4, 0.5) is 0 Å². The Balaban J connectivity index is 2.02. The molecule has 0 unspecified atom stereocenters. The van der Waals surface area contributed by atoms with Gasteiger partial charge in [-0.2, -0.15) is 0 Å². The van der Waals surface area contributed by atoms with Crippen molar-refractivity contribution >= 4 is 21.9 Å². The van der Waals surface area contributed by atoms with Gasteiger partial charge in [0.15, 0.2) is 11.2 Å². The topological polar surface area (TPSA) is 60.4 Å². The van der Waals surface area contributed by atoms with Crippen molar-refractivity contribution in [1.82, 2.24) is 0 Å². The summed E-state index contributed by atoms with van der Waals surface area (Å²) in [6.07, 6.45) is 0. The Labute approximate surface area is 135 Å². The average Bonchev–Trinajstić information content (AvgIpc) is 2.60. The molecule has 4 nitrogen and oxygen atoms in total. The van der Waals surface area contributed by atoms with Crippen molar-refractivity contribution in [2.75, 3.05) is 0 Å². The van der Waals surface area contributed by atoms with Crippen LogP contribution < -0.4 is 11.3 Å². The van der Waals surface area contributed by atoms with Gasteiger partial charge in [-0.1, -0.05) is 24.3 Å². The number of fused-ring (bicyclic) bond motifs is 8. The Morgan fingerprint density at radius 3 is 1.92 bits per heavy atom. The molecule has 0 fully saturated rings. The second kappa shape index (κ2) is 4.55. The summed E-state index contributed by atoms with van der Waals surface area (Å²) in [5.41, 5.74) is 3.47. The van der Waals surface area contributed by atoms with Gasteiger partial charge < -0.3 is 8.83 Å². The maximum Gasteiger partial charge on any atom is 0.343 e. The van der Waals surface area contributed by atoms with E-state index >= 15 is 0 Å². The van der Waals surface area contributed by atoms with Gasteiger partial charge in [0, 0.05) is 5.56 Å². The van der Waals surface area contributed by atoms with Crippen LogP contribution in [-0.4, -0.2) is 0 Å². The van der Waals surface area contributed by atoms with Crippen LogP contribution >= 0.6 is 0 Å². The predicted molar refractivity (Wildman–Crippen MR) is 91.8 cm³/mol. The quantitative estimate of drug-likeness (QED) is 0.431. The van der Waals surface area contributed by atoms with Crippen LogP contribution in [0.25, 0.3) is 44.2 Å². The van der Waals surface area contributed by atoms with Gasteiger partial charge in [-0.15, -0.1) is 0 Å². The fourth-order valence-corrected chi connectivity index (χ4v) is 3.16. The van der Waals surface area contributed by atoms with Gasteiger partial charge in [0.2, 0.25) is 0 Å². The van der Waals surface area contributed by atoms with Gasteiger partial charge >= 0.3 is 11.3 Å². The molecule has 0 saturated carbocycles. The van der Waals surface area contributed by atoms with Crippen LogP contribution in [0.2, 0.25) is 0 Å². The number of benzene rings is 3. The summed E-state index contributed by atoms with van der Waals surface area (Å²) in [5, 5.41) is 0.784. The molecule has 0 N–H and O–H groups in total. The van der Waals surface area contributed by atoms with Crippen molar-refractivity contribution < 1.29 is 8.83 Å². The highest BCUT2D eigenvalue weighted by Gasteiger charge is 2.26. The van der Waals surface area contributed by atoms with Crippen LogP contribution in [0.5, 0.6) is 0 Å². The highest BCUT2D eigenvalue weighted by molar-refractivity contribution is 6.11. The van der Waals surface area contributed by atoms with Gasteiger partial charge in [-0.25, -0.2) is 9.59 Å². The second-order valence-corrected chi connectivity index (χ2v) is 5.72. The molecule has 0 radical (unpaired) electrons. The molecule has 0 spiro atoms. The smallest absolute Gasteiger partial charge is 0.343 e. The summed E-state index contributed by atoms with van der Waals surface area (Å²) in [6, 6.07) is 17.6. The zero-order valence-electron chi connectivity index (χ0n) is 12.4. The maximum atomic E-state index is 12.4. The van der Waals surface area contributed by atoms with E-state index in [0.717, 1.165) is 22.3 Å². The third-order valence-electron chi connectivity index (χ3n) is 4.36. The fraction of sp³-hybridized carbons (Fsp3) is 0. The second-order valence-electron chi connectivity index (χ2n) is 5.72. The Morgan fingerprint density at radius 2 is 1.21 bits per heavy atom. The van der Waals surface area contributed by atoms with Gasteiger partial charge in [0.25, 0.3) is 0 Å². The first-order valence-electron chi connectivity index (χ1n) is 7.53. The lowest BCUT2D eigenvalue weighted by molar-refractivity contribution is 0.533. The van der Waals surface area contributed by atoms with Gasteiger partial charge in [-0.05, 0) is 53.1 Å². The fourth-order valence-electron chi connectivity index (χ4n) is 3.16. The van der Waals surface area contributed by atoms with Gasteiger partial charge in [0.05, 0.1) is 10.8 Å². The molecule has 114 valence electrons. The van der Waals surface area contributed by atoms with Crippen molar-refractivity contribution in [2.24, 2.45) is 0 Å². The van der Waals surface area contributed by atoms with E-state index in [1.165, 1.54) is 0 Å². The lowest BCUT2D eigenvalue weighted by Gasteiger charge is -2.23. The number of hydrogen-bond acceptors (Lipinski definition) is 4. The van der Waals surface area contributed by atoms with Crippen molar-refractivity contribution in [1.29, 1.82) is 0 Å². The molecule has 1 aliphatic rings. The first-order chi connectivity index (χ1) is 11.7. The minimum absolute atomic E-state index is 0.254. The van der Waals surface area contributed by atoms with Crippen molar-refractivity contribution in [3.05, 3.63) is 81.5 Å².